The SMILES string of the molecule is C/C(=C\c1cc(Cl)ccc1O)CN1CCC[C@H](N2CCCC2=O)C1. The van der Waals surface area contributed by atoms with Gasteiger partial charge in [0.1, 0.15) is 5.75 Å². The second-order valence-electron chi connectivity index (χ2n) is 6.92. The molecule has 1 atom stereocenters. The lowest BCUT2D eigenvalue weighted by Crippen LogP contribution is -2.48. The summed E-state index contributed by atoms with van der Waals surface area (Å²) in [5.41, 5.74) is 1.93. The molecule has 0 bridgehead atoms. The van der Waals surface area contributed by atoms with Gasteiger partial charge in [0, 0.05) is 42.7 Å². The van der Waals surface area contributed by atoms with Gasteiger partial charge in [-0.05, 0) is 50.9 Å². The number of benzene rings is 1. The van der Waals surface area contributed by atoms with E-state index in [4.69, 9.17) is 11.6 Å². The molecule has 1 aromatic rings. The highest BCUT2D eigenvalue weighted by Gasteiger charge is 2.31. The van der Waals surface area contributed by atoms with Crippen LogP contribution in [-0.4, -0.2) is 53.0 Å². The standard InChI is InChI=1S/C19H25ClN2O2/c1-14(10-15-11-16(20)6-7-18(15)23)12-21-8-2-4-17(13-21)22-9-3-5-19(22)24/h6-7,10-11,17,23H,2-5,8-9,12-13H2,1H3/b14-10+/t17-/m0/s1. The molecule has 2 aliphatic heterocycles. The number of rotatable bonds is 4. The lowest BCUT2D eigenvalue weighted by molar-refractivity contribution is -0.130. The highest BCUT2D eigenvalue weighted by molar-refractivity contribution is 6.30. The summed E-state index contributed by atoms with van der Waals surface area (Å²) in [6.07, 6.45) is 5.95. The zero-order valence-electron chi connectivity index (χ0n) is 14.2. The van der Waals surface area contributed by atoms with E-state index in [0.717, 1.165) is 51.0 Å². The van der Waals surface area contributed by atoms with Crippen molar-refractivity contribution in [3.8, 4) is 5.75 Å². The van der Waals surface area contributed by atoms with Crippen LogP contribution in [0.15, 0.2) is 23.8 Å². The fourth-order valence-corrected chi connectivity index (χ4v) is 3.97. The number of hydrogen-bond donors (Lipinski definition) is 1. The molecule has 2 fully saturated rings. The predicted molar refractivity (Wildman–Crippen MR) is 97.2 cm³/mol. The Bertz CT molecular complexity index is 644. The Labute approximate surface area is 148 Å². The maximum absolute atomic E-state index is 12.0. The molecule has 3 rings (SSSR count). The van der Waals surface area contributed by atoms with Crippen molar-refractivity contribution >= 4 is 23.6 Å². The van der Waals surface area contributed by atoms with Gasteiger partial charge in [-0.1, -0.05) is 23.3 Å². The molecule has 0 radical (unpaired) electrons. The van der Waals surface area contributed by atoms with Gasteiger partial charge < -0.3 is 10.0 Å². The average molecular weight is 349 g/mol. The molecule has 0 saturated carbocycles. The summed E-state index contributed by atoms with van der Waals surface area (Å²) in [7, 11) is 0. The number of carbonyl (C=O) groups is 1. The third kappa shape index (κ3) is 4.11. The molecule has 130 valence electrons. The lowest BCUT2D eigenvalue weighted by atomic mass is 10.0. The van der Waals surface area contributed by atoms with Gasteiger partial charge in [-0.3, -0.25) is 9.69 Å². The fourth-order valence-electron chi connectivity index (χ4n) is 3.79. The lowest BCUT2D eigenvalue weighted by Gasteiger charge is -2.37. The molecule has 2 heterocycles. The molecule has 1 aromatic carbocycles. The van der Waals surface area contributed by atoms with E-state index in [9.17, 15) is 9.90 Å². The van der Waals surface area contributed by atoms with Crippen LogP contribution in [0, 0.1) is 0 Å². The van der Waals surface area contributed by atoms with Crippen LogP contribution >= 0.6 is 11.6 Å². The molecule has 1 N–H and O–H groups in total. The zero-order chi connectivity index (χ0) is 17.1. The molecular weight excluding hydrogens is 324 g/mol. The second kappa shape index (κ2) is 7.58. The summed E-state index contributed by atoms with van der Waals surface area (Å²) in [5.74, 6) is 0.566. The largest absolute Gasteiger partial charge is 0.507 e. The van der Waals surface area contributed by atoms with Crippen LogP contribution in [0.5, 0.6) is 5.75 Å². The first-order valence-electron chi connectivity index (χ1n) is 8.70. The van der Waals surface area contributed by atoms with Crippen molar-refractivity contribution < 1.29 is 9.90 Å². The number of aromatic hydroxyl groups is 1. The number of halogens is 1. The molecule has 1 amide bonds. The number of nitrogens with zero attached hydrogens (tertiary/aromatic N) is 2. The smallest absolute Gasteiger partial charge is 0.222 e. The van der Waals surface area contributed by atoms with E-state index >= 15 is 0 Å². The third-order valence-electron chi connectivity index (χ3n) is 4.90. The van der Waals surface area contributed by atoms with Gasteiger partial charge in [0.25, 0.3) is 0 Å². The molecule has 5 heteroatoms. The van der Waals surface area contributed by atoms with E-state index in [-0.39, 0.29) is 5.75 Å². The van der Waals surface area contributed by atoms with Crippen molar-refractivity contribution in [2.75, 3.05) is 26.2 Å². The molecule has 0 aliphatic carbocycles. The van der Waals surface area contributed by atoms with Crippen LogP contribution in [0.4, 0.5) is 0 Å². The van der Waals surface area contributed by atoms with Gasteiger partial charge in [0.2, 0.25) is 5.91 Å². The number of phenolic OH excluding ortho intramolecular Hbond substituents is 1. The first kappa shape index (κ1) is 17.3. The number of amides is 1. The van der Waals surface area contributed by atoms with E-state index in [0.29, 0.717) is 23.4 Å². The Morgan fingerprint density at radius 1 is 1.38 bits per heavy atom. The number of carbonyl (C=O) groups excluding carboxylic acids is 1. The van der Waals surface area contributed by atoms with Gasteiger partial charge in [0.05, 0.1) is 0 Å². The van der Waals surface area contributed by atoms with Crippen LogP contribution in [0.2, 0.25) is 5.02 Å². The maximum atomic E-state index is 12.0. The zero-order valence-corrected chi connectivity index (χ0v) is 14.9. The summed E-state index contributed by atoms with van der Waals surface area (Å²) in [4.78, 5) is 16.5. The molecule has 4 nitrogen and oxygen atoms in total. The molecule has 0 spiro atoms. The number of likely N-dealkylation sites (tertiary alicyclic amines) is 2. The second-order valence-corrected chi connectivity index (χ2v) is 7.35. The van der Waals surface area contributed by atoms with Crippen molar-refractivity contribution in [1.82, 2.24) is 9.80 Å². The highest BCUT2D eigenvalue weighted by Crippen LogP contribution is 2.25. The van der Waals surface area contributed by atoms with Crippen LogP contribution in [0.25, 0.3) is 6.08 Å². The van der Waals surface area contributed by atoms with E-state index in [2.05, 4.69) is 16.7 Å². The van der Waals surface area contributed by atoms with Crippen molar-refractivity contribution in [3.63, 3.8) is 0 Å². The molecule has 2 aliphatic rings. The Balaban J connectivity index is 1.63. The maximum Gasteiger partial charge on any atom is 0.222 e. The summed E-state index contributed by atoms with van der Waals surface area (Å²) in [5, 5.41) is 10.6. The first-order chi connectivity index (χ1) is 11.5. The van der Waals surface area contributed by atoms with E-state index in [1.54, 1.807) is 18.2 Å². The third-order valence-corrected chi connectivity index (χ3v) is 5.13. The van der Waals surface area contributed by atoms with E-state index in [1.807, 2.05) is 6.08 Å². The summed E-state index contributed by atoms with van der Waals surface area (Å²) < 4.78 is 0. The van der Waals surface area contributed by atoms with Crippen LogP contribution in [-0.2, 0) is 4.79 Å². The van der Waals surface area contributed by atoms with Crippen LogP contribution in [0.3, 0.4) is 0 Å². The summed E-state index contributed by atoms with van der Waals surface area (Å²) in [6.45, 7) is 5.85. The average Bonchev–Trinajstić information content (AvgIpc) is 2.97. The number of hydrogen-bond acceptors (Lipinski definition) is 3. The molecule has 24 heavy (non-hydrogen) atoms. The Morgan fingerprint density at radius 3 is 2.96 bits per heavy atom. The first-order valence-corrected chi connectivity index (χ1v) is 9.08. The normalized spacial score (nSPS) is 23.1. The number of piperidine rings is 1. The van der Waals surface area contributed by atoms with Gasteiger partial charge in [0.15, 0.2) is 0 Å². The monoisotopic (exact) mass is 348 g/mol. The van der Waals surface area contributed by atoms with E-state index in [1.165, 1.54) is 5.57 Å². The quantitative estimate of drug-likeness (QED) is 0.905. The fraction of sp³-hybridized carbons (Fsp3) is 0.526. The summed E-state index contributed by atoms with van der Waals surface area (Å²) in [6, 6.07) is 5.45. The van der Waals surface area contributed by atoms with Crippen molar-refractivity contribution in [2.24, 2.45) is 0 Å². The minimum atomic E-state index is 0.248. The molecule has 2 saturated heterocycles. The summed E-state index contributed by atoms with van der Waals surface area (Å²) >= 11 is 6.01. The van der Waals surface area contributed by atoms with Crippen molar-refractivity contribution in [1.29, 1.82) is 0 Å². The molecule has 0 aromatic heterocycles. The minimum Gasteiger partial charge on any atom is -0.507 e. The van der Waals surface area contributed by atoms with Gasteiger partial charge in [-0.25, -0.2) is 0 Å². The molecular formula is C19H25ClN2O2. The Kier molecular flexibility index (Phi) is 5.47. The Hall–Kier alpha value is -1.52. The number of phenols is 1. The van der Waals surface area contributed by atoms with Crippen LogP contribution in [0.1, 0.15) is 38.2 Å². The minimum absolute atomic E-state index is 0.248. The van der Waals surface area contributed by atoms with Gasteiger partial charge >= 0.3 is 0 Å². The van der Waals surface area contributed by atoms with Crippen molar-refractivity contribution in [2.45, 2.75) is 38.6 Å². The van der Waals surface area contributed by atoms with Crippen LogP contribution < -0.4 is 0 Å². The van der Waals surface area contributed by atoms with E-state index < -0.39 is 0 Å². The topological polar surface area (TPSA) is 43.8 Å². The predicted octanol–water partition coefficient (Wildman–Crippen LogP) is 3.54. The van der Waals surface area contributed by atoms with Gasteiger partial charge in [-0.15, -0.1) is 0 Å². The van der Waals surface area contributed by atoms with Gasteiger partial charge in [-0.2, -0.15) is 0 Å². The Morgan fingerprint density at radius 2 is 2.21 bits per heavy atom. The van der Waals surface area contributed by atoms with Crippen molar-refractivity contribution in [3.05, 3.63) is 34.4 Å². The highest BCUT2D eigenvalue weighted by atomic mass is 35.5. The molecule has 0 unspecified atom stereocenters.